The highest BCUT2D eigenvalue weighted by atomic mass is 127. The van der Waals surface area contributed by atoms with Crippen LogP contribution in [0.15, 0.2) is 48.0 Å². The Morgan fingerprint density at radius 2 is 1.83 bits per heavy atom. The number of amides is 4. The third-order valence-electron chi connectivity index (χ3n) is 4.16. The maximum Gasteiger partial charge on any atom is 0.337 e. The first kappa shape index (κ1) is 21.5. The zero-order chi connectivity index (χ0) is 21.8. The number of carbonyl (C=O) groups is 4. The van der Waals surface area contributed by atoms with Gasteiger partial charge in [-0.2, -0.15) is 0 Å². The van der Waals surface area contributed by atoms with Crippen LogP contribution in [0.2, 0.25) is 0 Å². The van der Waals surface area contributed by atoms with E-state index in [0.717, 1.165) is 8.47 Å². The Balaban J connectivity index is 1.97. The van der Waals surface area contributed by atoms with Crippen LogP contribution in [-0.4, -0.2) is 37.5 Å². The molecule has 0 aromatic heterocycles. The number of nitrogens with zero attached hydrogens (tertiary/aromatic N) is 1. The second-order valence-corrected chi connectivity index (χ2v) is 7.40. The molecule has 1 N–H and O–H groups in total. The number of rotatable bonds is 5. The van der Waals surface area contributed by atoms with Gasteiger partial charge in [-0.3, -0.25) is 14.9 Å². The fourth-order valence-electron chi connectivity index (χ4n) is 2.84. The van der Waals surface area contributed by atoms with Crippen molar-refractivity contribution in [1.82, 2.24) is 5.32 Å². The van der Waals surface area contributed by atoms with Gasteiger partial charge in [-0.15, -0.1) is 0 Å². The molecule has 2 aromatic carbocycles. The minimum atomic E-state index is -0.870. The summed E-state index contributed by atoms with van der Waals surface area (Å²) >= 11 is 2.11. The molecule has 3 rings (SSSR count). The third-order valence-corrected chi connectivity index (χ3v) is 4.79. The molecule has 0 bridgehead atoms. The third kappa shape index (κ3) is 4.51. The first-order valence-corrected chi connectivity index (χ1v) is 9.95. The molecule has 0 aliphatic carbocycles. The molecule has 1 saturated heterocycles. The zero-order valence-corrected chi connectivity index (χ0v) is 18.3. The van der Waals surface area contributed by atoms with Gasteiger partial charge < -0.3 is 9.47 Å². The Morgan fingerprint density at radius 3 is 2.47 bits per heavy atom. The zero-order valence-electron chi connectivity index (χ0n) is 16.1. The molecule has 2 aromatic rings. The van der Waals surface area contributed by atoms with Crippen LogP contribution in [0, 0.1) is 3.57 Å². The molecule has 154 valence electrons. The predicted octanol–water partition coefficient (Wildman–Crippen LogP) is 3.14. The molecule has 0 saturated carbocycles. The van der Waals surface area contributed by atoms with Crippen molar-refractivity contribution in [2.45, 2.75) is 6.92 Å². The number of barbiturate groups is 1. The lowest BCUT2D eigenvalue weighted by atomic mass is 10.1. The first-order valence-electron chi connectivity index (χ1n) is 8.87. The molecule has 30 heavy (non-hydrogen) atoms. The molecule has 1 fully saturated rings. The number of benzene rings is 2. The maximum absolute atomic E-state index is 13.0. The van der Waals surface area contributed by atoms with Gasteiger partial charge in [0.15, 0.2) is 0 Å². The summed E-state index contributed by atoms with van der Waals surface area (Å²) in [6, 6.07) is 10.1. The van der Waals surface area contributed by atoms with Gasteiger partial charge in [-0.1, -0.05) is 0 Å². The van der Waals surface area contributed by atoms with Gasteiger partial charge in [0.1, 0.15) is 11.3 Å². The molecule has 0 atom stereocenters. The van der Waals surface area contributed by atoms with Crippen LogP contribution >= 0.6 is 22.6 Å². The molecule has 0 unspecified atom stereocenters. The Kier molecular flexibility index (Phi) is 6.50. The van der Waals surface area contributed by atoms with Gasteiger partial charge in [0, 0.05) is 3.57 Å². The van der Waals surface area contributed by atoms with Gasteiger partial charge in [0.05, 0.1) is 25.0 Å². The largest absolute Gasteiger partial charge is 0.494 e. The summed E-state index contributed by atoms with van der Waals surface area (Å²) < 4.78 is 11.0. The number of nitrogens with one attached hydrogen (secondary N) is 1. The summed E-state index contributed by atoms with van der Waals surface area (Å²) in [6.45, 7) is 2.32. The number of imide groups is 2. The lowest BCUT2D eigenvalue weighted by Crippen LogP contribution is -2.54. The van der Waals surface area contributed by atoms with Crippen LogP contribution in [0.1, 0.15) is 22.8 Å². The molecule has 1 heterocycles. The number of anilines is 1. The Bertz CT molecular complexity index is 1060. The van der Waals surface area contributed by atoms with Crippen LogP contribution in [0.3, 0.4) is 0 Å². The van der Waals surface area contributed by atoms with Crippen LogP contribution < -0.4 is 15.0 Å². The van der Waals surface area contributed by atoms with Crippen LogP contribution in [0.5, 0.6) is 5.75 Å². The standard InChI is InChI=1S/C21H17IN2O6/c1-3-30-16-9-12(8-14(22)11-16)10-17-18(25)23-21(28)24(19(17)26)15-6-4-13(5-7-15)20(27)29-2/h4-11H,3H2,1-2H3,(H,23,25,28)/b17-10+. The number of esters is 1. The van der Waals surface area contributed by atoms with E-state index in [1.807, 2.05) is 13.0 Å². The van der Waals surface area contributed by atoms with E-state index in [0.29, 0.717) is 17.9 Å². The van der Waals surface area contributed by atoms with Crippen molar-refractivity contribution in [3.63, 3.8) is 0 Å². The van der Waals surface area contributed by atoms with E-state index in [1.165, 1.54) is 37.5 Å². The molecule has 1 aliphatic heterocycles. The number of urea groups is 1. The topological polar surface area (TPSA) is 102 Å². The van der Waals surface area contributed by atoms with E-state index < -0.39 is 23.8 Å². The Hall–Kier alpha value is -3.21. The number of hydrogen-bond acceptors (Lipinski definition) is 6. The monoisotopic (exact) mass is 520 g/mol. The maximum atomic E-state index is 13.0. The van der Waals surface area contributed by atoms with Crippen molar-refractivity contribution < 1.29 is 28.7 Å². The lowest BCUT2D eigenvalue weighted by molar-refractivity contribution is -0.122. The van der Waals surface area contributed by atoms with Gasteiger partial charge in [-0.25, -0.2) is 14.5 Å². The van der Waals surface area contributed by atoms with Crippen molar-refractivity contribution in [1.29, 1.82) is 0 Å². The summed E-state index contributed by atoms with van der Waals surface area (Å²) in [5.74, 6) is -1.50. The molecule has 4 amide bonds. The number of carbonyl (C=O) groups excluding carboxylic acids is 4. The highest BCUT2D eigenvalue weighted by Gasteiger charge is 2.36. The number of methoxy groups -OCH3 is 1. The van der Waals surface area contributed by atoms with Crippen LogP contribution in [0.25, 0.3) is 6.08 Å². The quantitative estimate of drug-likeness (QED) is 0.282. The highest BCUT2D eigenvalue weighted by molar-refractivity contribution is 14.1. The van der Waals surface area contributed by atoms with E-state index in [9.17, 15) is 19.2 Å². The average Bonchev–Trinajstić information content (AvgIpc) is 2.71. The summed E-state index contributed by atoms with van der Waals surface area (Å²) in [5, 5.41) is 2.17. The van der Waals surface area contributed by atoms with E-state index in [-0.39, 0.29) is 16.8 Å². The van der Waals surface area contributed by atoms with Gasteiger partial charge in [0.25, 0.3) is 11.8 Å². The fourth-order valence-corrected chi connectivity index (χ4v) is 3.51. The molecule has 9 heteroatoms. The first-order chi connectivity index (χ1) is 14.3. The van der Waals surface area contributed by atoms with E-state index in [1.54, 1.807) is 12.1 Å². The van der Waals surface area contributed by atoms with Crippen molar-refractivity contribution >= 4 is 58.2 Å². The average molecular weight is 520 g/mol. The Labute approximate surface area is 186 Å². The molecular weight excluding hydrogens is 503 g/mol. The lowest BCUT2D eigenvalue weighted by Gasteiger charge is -2.26. The van der Waals surface area contributed by atoms with E-state index in [4.69, 9.17) is 4.74 Å². The van der Waals surface area contributed by atoms with Crippen molar-refractivity contribution in [2.24, 2.45) is 0 Å². The summed E-state index contributed by atoms with van der Waals surface area (Å²) in [6.07, 6.45) is 1.41. The van der Waals surface area contributed by atoms with Crippen LogP contribution in [-0.2, 0) is 14.3 Å². The van der Waals surface area contributed by atoms with Gasteiger partial charge in [0.2, 0.25) is 0 Å². The highest BCUT2D eigenvalue weighted by Crippen LogP contribution is 2.25. The van der Waals surface area contributed by atoms with E-state index in [2.05, 4.69) is 32.6 Å². The molecule has 0 spiro atoms. The second kappa shape index (κ2) is 9.08. The smallest absolute Gasteiger partial charge is 0.337 e. The molecular formula is C21H17IN2O6. The number of hydrogen-bond donors (Lipinski definition) is 1. The summed E-state index contributed by atoms with van der Waals surface area (Å²) in [5.41, 5.74) is 0.858. The Morgan fingerprint density at radius 1 is 1.13 bits per heavy atom. The fraction of sp³-hybridized carbons (Fsp3) is 0.143. The minimum absolute atomic E-state index is 0.198. The molecule has 8 nitrogen and oxygen atoms in total. The van der Waals surface area contributed by atoms with E-state index >= 15 is 0 Å². The van der Waals surface area contributed by atoms with Crippen molar-refractivity contribution in [3.8, 4) is 5.75 Å². The number of halogens is 1. The van der Waals surface area contributed by atoms with Crippen LogP contribution in [0.4, 0.5) is 10.5 Å². The molecule has 1 aliphatic rings. The SMILES string of the molecule is CCOc1cc(I)cc(/C=C2\C(=O)NC(=O)N(c3ccc(C(=O)OC)cc3)C2=O)c1. The van der Waals surface area contributed by atoms with Gasteiger partial charge in [-0.05, 0) is 83.6 Å². The van der Waals surface area contributed by atoms with Gasteiger partial charge >= 0.3 is 12.0 Å². The predicted molar refractivity (Wildman–Crippen MR) is 117 cm³/mol. The van der Waals surface area contributed by atoms with Crippen molar-refractivity contribution in [2.75, 3.05) is 18.6 Å². The second-order valence-electron chi connectivity index (χ2n) is 6.15. The normalized spacial score (nSPS) is 15.2. The summed E-state index contributed by atoms with van der Waals surface area (Å²) in [4.78, 5) is 50.0. The minimum Gasteiger partial charge on any atom is -0.494 e. The summed E-state index contributed by atoms with van der Waals surface area (Å²) in [7, 11) is 1.25. The van der Waals surface area contributed by atoms with Crippen molar-refractivity contribution in [3.05, 3.63) is 62.7 Å². The molecule has 0 radical (unpaired) electrons. The number of ether oxygens (including phenoxy) is 2.